The molecule has 0 saturated heterocycles. The van der Waals surface area contributed by atoms with Crippen LogP contribution in [0, 0.1) is 6.92 Å². The Morgan fingerprint density at radius 2 is 1.91 bits per heavy atom. The van der Waals surface area contributed by atoms with Crippen molar-refractivity contribution in [2.75, 3.05) is 6.26 Å². The first-order valence-electron chi connectivity index (χ1n) is 3.65. The number of rotatable bonds is 1. The molecule has 1 rings (SSSR count). The molecule has 3 heteroatoms. The Morgan fingerprint density at radius 1 is 1.27 bits per heavy atom. The fourth-order valence-corrected chi connectivity index (χ4v) is 0.983. The summed E-state index contributed by atoms with van der Waals surface area (Å²) in [4.78, 5) is 7.97. The monoisotopic (exact) mass is 170 g/mol. The molecule has 0 unspecified atom stereocenters. The van der Waals surface area contributed by atoms with E-state index in [9.17, 15) is 0 Å². The van der Waals surface area contributed by atoms with Gasteiger partial charge in [0.25, 0.3) is 0 Å². The molecule has 11 heavy (non-hydrogen) atoms. The lowest BCUT2D eigenvalue weighted by Crippen LogP contribution is -1.83. The summed E-state index contributed by atoms with van der Waals surface area (Å²) in [5, 5.41) is 1.03. The van der Waals surface area contributed by atoms with Crippen molar-refractivity contribution in [1.82, 2.24) is 9.97 Å². The lowest BCUT2D eigenvalue weighted by Gasteiger charge is -1.92. The van der Waals surface area contributed by atoms with Crippen LogP contribution in [-0.4, -0.2) is 16.2 Å². The molecule has 1 heterocycles. The van der Waals surface area contributed by atoms with Crippen LogP contribution in [0.15, 0.2) is 17.4 Å². The van der Waals surface area contributed by atoms with Gasteiger partial charge < -0.3 is 0 Å². The van der Waals surface area contributed by atoms with E-state index in [0.717, 1.165) is 10.7 Å². The molecule has 0 aliphatic heterocycles. The summed E-state index contributed by atoms with van der Waals surface area (Å²) in [6, 6.07) is 1.96. The normalized spacial score (nSPS) is 8.36. The first-order chi connectivity index (χ1) is 5.33. The smallest absolute Gasteiger partial charge is 0.116 e. The third-order valence-corrected chi connectivity index (χ3v) is 1.63. The van der Waals surface area contributed by atoms with Crippen LogP contribution in [0.25, 0.3) is 0 Å². The highest BCUT2D eigenvalue weighted by Gasteiger charge is 1.89. The molecule has 62 valence electrons. The second-order valence-corrected chi connectivity index (χ2v) is 2.53. The second-order valence-electron chi connectivity index (χ2n) is 1.70. The summed E-state index contributed by atoms with van der Waals surface area (Å²) in [6.45, 7) is 5.96. The van der Waals surface area contributed by atoms with Crippen LogP contribution in [0.1, 0.15) is 19.5 Å². The molecule has 2 nitrogen and oxygen atoms in total. The van der Waals surface area contributed by atoms with E-state index in [4.69, 9.17) is 0 Å². The molecule has 1 aromatic heterocycles. The van der Waals surface area contributed by atoms with Crippen molar-refractivity contribution in [2.24, 2.45) is 0 Å². The maximum Gasteiger partial charge on any atom is 0.116 e. The van der Waals surface area contributed by atoms with Crippen LogP contribution in [0.5, 0.6) is 0 Å². The summed E-state index contributed by atoms with van der Waals surface area (Å²) < 4.78 is 0. The van der Waals surface area contributed by atoms with Gasteiger partial charge in [-0.25, -0.2) is 9.97 Å². The fourth-order valence-electron chi connectivity index (χ4n) is 0.542. The molecular weight excluding hydrogens is 156 g/mol. The van der Waals surface area contributed by atoms with Gasteiger partial charge in [-0.3, -0.25) is 0 Å². The summed E-state index contributed by atoms with van der Waals surface area (Å²) in [6.07, 6.45) is 3.59. The Morgan fingerprint density at radius 3 is 2.27 bits per heavy atom. The van der Waals surface area contributed by atoms with Crippen molar-refractivity contribution < 1.29 is 0 Å². The molecule has 0 radical (unpaired) electrons. The van der Waals surface area contributed by atoms with Crippen LogP contribution in [-0.2, 0) is 0 Å². The topological polar surface area (TPSA) is 25.8 Å². The molecular formula is C8H14N2S. The molecule has 0 atom stereocenters. The van der Waals surface area contributed by atoms with Gasteiger partial charge in [-0.15, -0.1) is 11.8 Å². The summed E-state index contributed by atoms with van der Waals surface area (Å²) in [7, 11) is 0. The Hall–Kier alpha value is -0.570. The SMILES string of the molecule is CC.CSc1cc(C)ncn1. The van der Waals surface area contributed by atoms with Crippen molar-refractivity contribution in [3.8, 4) is 0 Å². The predicted molar refractivity (Wildman–Crippen MR) is 49.9 cm³/mol. The van der Waals surface area contributed by atoms with E-state index >= 15 is 0 Å². The molecule has 0 bridgehead atoms. The van der Waals surface area contributed by atoms with Gasteiger partial charge in [0.1, 0.15) is 6.33 Å². The van der Waals surface area contributed by atoms with E-state index in [2.05, 4.69) is 9.97 Å². The van der Waals surface area contributed by atoms with Gasteiger partial charge >= 0.3 is 0 Å². The minimum Gasteiger partial charge on any atom is -0.242 e. The average molecular weight is 170 g/mol. The van der Waals surface area contributed by atoms with E-state index in [-0.39, 0.29) is 0 Å². The molecule has 0 saturated carbocycles. The number of aromatic nitrogens is 2. The third-order valence-electron chi connectivity index (χ3n) is 0.988. The van der Waals surface area contributed by atoms with Gasteiger partial charge in [-0.2, -0.15) is 0 Å². The molecule has 0 fully saturated rings. The highest BCUT2D eigenvalue weighted by Crippen LogP contribution is 2.09. The number of aryl methyl sites for hydroxylation is 1. The Bertz CT molecular complexity index is 201. The number of hydrogen-bond donors (Lipinski definition) is 0. The molecule has 0 N–H and O–H groups in total. The third kappa shape index (κ3) is 3.98. The molecule has 0 aliphatic carbocycles. The van der Waals surface area contributed by atoms with Gasteiger partial charge in [-0.05, 0) is 19.2 Å². The Balaban J connectivity index is 0.000000461. The van der Waals surface area contributed by atoms with E-state index in [1.165, 1.54) is 0 Å². The van der Waals surface area contributed by atoms with Crippen LogP contribution in [0.3, 0.4) is 0 Å². The quantitative estimate of drug-likeness (QED) is 0.478. The fraction of sp³-hybridized carbons (Fsp3) is 0.500. The Labute approximate surface area is 72.5 Å². The summed E-state index contributed by atoms with van der Waals surface area (Å²) >= 11 is 1.63. The van der Waals surface area contributed by atoms with E-state index in [1.54, 1.807) is 18.1 Å². The minimum atomic E-state index is 1.02. The standard InChI is InChI=1S/C6H8N2S.C2H6/c1-5-3-6(9-2)8-4-7-5;1-2/h3-4H,1-2H3;1-2H3. The lowest BCUT2D eigenvalue weighted by atomic mass is 10.5. The van der Waals surface area contributed by atoms with Crippen LogP contribution in [0.4, 0.5) is 0 Å². The Kier molecular flexibility index (Phi) is 5.84. The molecule has 0 spiro atoms. The van der Waals surface area contributed by atoms with Gasteiger partial charge in [-0.1, -0.05) is 13.8 Å². The molecule has 0 amide bonds. The highest BCUT2D eigenvalue weighted by molar-refractivity contribution is 7.98. The van der Waals surface area contributed by atoms with Gasteiger partial charge in [0, 0.05) is 5.69 Å². The molecule has 1 aromatic rings. The van der Waals surface area contributed by atoms with Gasteiger partial charge in [0.15, 0.2) is 0 Å². The first kappa shape index (κ1) is 10.4. The maximum atomic E-state index is 4.01. The van der Waals surface area contributed by atoms with E-state index in [0.29, 0.717) is 0 Å². The summed E-state index contributed by atoms with van der Waals surface area (Å²) in [5.41, 5.74) is 1.02. The second kappa shape index (κ2) is 6.16. The van der Waals surface area contributed by atoms with Crippen LogP contribution in [0.2, 0.25) is 0 Å². The average Bonchev–Trinajstić information content (AvgIpc) is 2.08. The zero-order valence-electron chi connectivity index (χ0n) is 7.46. The van der Waals surface area contributed by atoms with E-state index in [1.807, 2.05) is 33.1 Å². The molecule has 0 aliphatic rings. The molecule has 0 aromatic carbocycles. The van der Waals surface area contributed by atoms with Gasteiger partial charge in [0.05, 0.1) is 5.03 Å². The van der Waals surface area contributed by atoms with Crippen molar-refractivity contribution >= 4 is 11.8 Å². The predicted octanol–water partition coefficient (Wildman–Crippen LogP) is 2.53. The minimum absolute atomic E-state index is 1.02. The maximum absolute atomic E-state index is 4.01. The highest BCUT2D eigenvalue weighted by atomic mass is 32.2. The first-order valence-corrected chi connectivity index (χ1v) is 4.88. The van der Waals surface area contributed by atoms with Gasteiger partial charge in [0.2, 0.25) is 0 Å². The van der Waals surface area contributed by atoms with Crippen molar-refractivity contribution in [2.45, 2.75) is 25.8 Å². The zero-order valence-corrected chi connectivity index (χ0v) is 8.27. The lowest BCUT2D eigenvalue weighted by molar-refractivity contribution is 1.01. The van der Waals surface area contributed by atoms with Crippen LogP contribution < -0.4 is 0 Å². The van der Waals surface area contributed by atoms with Crippen molar-refractivity contribution in [1.29, 1.82) is 0 Å². The number of nitrogens with zero attached hydrogens (tertiary/aromatic N) is 2. The van der Waals surface area contributed by atoms with E-state index < -0.39 is 0 Å². The van der Waals surface area contributed by atoms with Crippen molar-refractivity contribution in [3.05, 3.63) is 18.1 Å². The van der Waals surface area contributed by atoms with Crippen molar-refractivity contribution in [3.63, 3.8) is 0 Å². The summed E-state index contributed by atoms with van der Waals surface area (Å²) in [5.74, 6) is 0. The number of hydrogen-bond acceptors (Lipinski definition) is 3. The largest absolute Gasteiger partial charge is 0.242 e. The number of thioether (sulfide) groups is 1. The zero-order chi connectivity index (χ0) is 8.69. The van der Waals surface area contributed by atoms with Crippen LogP contribution >= 0.6 is 11.8 Å².